The quantitative estimate of drug-likeness (QED) is 0.753. The van der Waals surface area contributed by atoms with Crippen LogP contribution in [-0.2, 0) is 21.2 Å². The summed E-state index contributed by atoms with van der Waals surface area (Å²) < 4.78 is 27.2. The number of aliphatic hydroxyl groups is 1. The van der Waals surface area contributed by atoms with Gasteiger partial charge in [-0.2, -0.15) is 0 Å². The van der Waals surface area contributed by atoms with Crippen molar-refractivity contribution in [2.75, 3.05) is 11.9 Å². The number of hydrogen-bond acceptors (Lipinski definition) is 4. The molecule has 6 nitrogen and oxygen atoms in total. The standard InChI is InChI=1S/C13H17ClN2O4S/c1-7(2)11(6-17)16-21(19,20)12-3-8-4-13(18)15-10(8)5-9(12)14/h3,5,7,11,16-17H,4,6H2,1-2H3,(H,15,18). The molecule has 0 spiro atoms. The summed E-state index contributed by atoms with van der Waals surface area (Å²) in [6.07, 6.45) is 0.128. The van der Waals surface area contributed by atoms with Gasteiger partial charge >= 0.3 is 0 Å². The van der Waals surface area contributed by atoms with Crippen LogP contribution in [0.25, 0.3) is 0 Å². The van der Waals surface area contributed by atoms with Gasteiger partial charge in [-0.1, -0.05) is 25.4 Å². The minimum Gasteiger partial charge on any atom is -0.395 e. The summed E-state index contributed by atoms with van der Waals surface area (Å²) in [7, 11) is -3.87. The normalized spacial score (nSPS) is 16.0. The lowest BCUT2D eigenvalue weighted by Gasteiger charge is -2.20. The zero-order valence-electron chi connectivity index (χ0n) is 11.7. The second-order valence-electron chi connectivity index (χ2n) is 5.32. The van der Waals surface area contributed by atoms with Crippen molar-refractivity contribution in [2.24, 2.45) is 5.92 Å². The highest BCUT2D eigenvalue weighted by atomic mass is 35.5. The average molecular weight is 333 g/mol. The van der Waals surface area contributed by atoms with Crippen molar-refractivity contribution in [2.45, 2.75) is 31.2 Å². The van der Waals surface area contributed by atoms with Crippen molar-refractivity contribution in [3.8, 4) is 0 Å². The number of carbonyl (C=O) groups excluding carboxylic acids is 1. The topological polar surface area (TPSA) is 95.5 Å². The van der Waals surface area contributed by atoms with Crippen LogP contribution in [0.3, 0.4) is 0 Å². The molecule has 8 heteroatoms. The monoisotopic (exact) mass is 332 g/mol. The minimum atomic E-state index is -3.87. The zero-order chi connectivity index (χ0) is 15.8. The van der Waals surface area contributed by atoms with Gasteiger partial charge in [-0.15, -0.1) is 0 Å². The lowest BCUT2D eigenvalue weighted by atomic mass is 10.1. The molecule has 0 saturated carbocycles. The molecule has 1 heterocycles. The fraction of sp³-hybridized carbons (Fsp3) is 0.462. The summed E-state index contributed by atoms with van der Waals surface area (Å²) in [6.45, 7) is 3.30. The van der Waals surface area contributed by atoms with Gasteiger partial charge in [0.15, 0.2) is 0 Å². The second kappa shape index (κ2) is 5.92. The van der Waals surface area contributed by atoms with E-state index in [1.165, 1.54) is 12.1 Å². The van der Waals surface area contributed by atoms with Crippen LogP contribution in [0.15, 0.2) is 17.0 Å². The third kappa shape index (κ3) is 3.37. The van der Waals surface area contributed by atoms with Gasteiger partial charge in [0, 0.05) is 11.7 Å². The van der Waals surface area contributed by atoms with Crippen LogP contribution in [-0.4, -0.2) is 32.1 Å². The Kier molecular flexibility index (Phi) is 4.57. The number of aliphatic hydroxyl groups excluding tert-OH is 1. The van der Waals surface area contributed by atoms with Gasteiger partial charge < -0.3 is 10.4 Å². The smallest absolute Gasteiger partial charge is 0.242 e. The van der Waals surface area contributed by atoms with E-state index in [9.17, 15) is 18.3 Å². The SMILES string of the molecule is CC(C)C(CO)NS(=O)(=O)c1cc2c(cc1Cl)NC(=O)C2. The van der Waals surface area contributed by atoms with Gasteiger partial charge in [0.2, 0.25) is 15.9 Å². The molecule has 1 aliphatic heterocycles. The number of hydrogen-bond donors (Lipinski definition) is 3. The highest BCUT2D eigenvalue weighted by molar-refractivity contribution is 7.89. The Hall–Kier alpha value is -1.15. The molecule has 0 saturated heterocycles. The Balaban J connectivity index is 2.37. The Labute approximate surface area is 128 Å². The van der Waals surface area contributed by atoms with Crippen LogP contribution in [0.1, 0.15) is 19.4 Å². The maximum Gasteiger partial charge on any atom is 0.242 e. The maximum atomic E-state index is 12.4. The van der Waals surface area contributed by atoms with E-state index in [2.05, 4.69) is 10.0 Å². The lowest BCUT2D eigenvalue weighted by Crippen LogP contribution is -2.41. The first-order chi connectivity index (χ1) is 9.74. The third-order valence-electron chi connectivity index (χ3n) is 3.38. The van der Waals surface area contributed by atoms with Gasteiger partial charge in [-0.25, -0.2) is 13.1 Å². The third-order valence-corrected chi connectivity index (χ3v) is 5.33. The number of nitrogens with one attached hydrogen (secondary N) is 2. The van der Waals surface area contributed by atoms with Crippen molar-refractivity contribution >= 4 is 33.2 Å². The molecule has 0 bridgehead atoms. The van der Waals surface area contributed by atoms with E-state index in [0.717, 1.165) is 0 Å². The molecule has 0 aliphatic carbocycles. The molecule has 1 aromatic rings. The van der Waals surface area contributed by atoms with Crippen molar-refractivity contribution < 1.29 is 18.3 Å². The Morgan fingerprint density at radius 2 is 2.10 bits per heavy atom. The largest absolute Gasteiger partial charge is 0.395 e. The molecular formula is C13H17ClN2O4S. The molecule has 0 aromatic heterocycles. The van der Waals surface area contributed by atoms with Crippen LogP contribution in [0.4, 0.5) is 5.69 Å². The van der Waals surface area contributed by atoms with Crippen molar-refractivity contribution in [3.05, 3.63) is 22.7 Å². The van der Waals surface area contributed by atoms with E-state index < -0.39 is 16.1 Å². The maximum absolute atomic E-state index is 12.4. The molecule has 1 aromatic carbocycles. The first-order valence-corrected chi connectivity index (χ1v) is 8.36. The number of rotatable bonds is 5. The summed E-state index contributed by atoms with van der Waals surface area (Å²) >= 11 is 6.01. The predicted octanol–water partition coefficient (Wildman–Crippen LogP) is 1.13. The molecule has 3 N–H and O–H groups in total. The van der Waals surface area contributed by atoms with E-state index in [1.54, 1.807) is 13.8 Å². The minimum absolute atomic E-state index is 0.0314. The first-order valence-electron chi connectivity index (χ1n) is 6.50. The van der Waals surface area contributed by atoms with Crippen molar-refractivity contribution in [3.63, 3.8) is 0 Å². The summed E-state index contributed by atoms with van der Waals surface area (Å²) in [6, 6.07) is 2.23. The highest BCUT2D eigenvalue weighted by Gasteiger charge is 2.27. The number of benzene rings is 1. The van der Waals surface area contributed by atoms with Crippen LogP contribution in [0.5, 0.6) is 0 Å². The molecule has 116 valence electrons. The summed E-state index contributed by atoms with van der Waals surface area (Å²) in [5.74, 6) is -0.264. The number of fused-ring (bicyclic) bond motifs is 1. The molecule has 1 aliphatic rings. The predicted molar refractivity (Wildman–Crippen MR) is 79.8 cm³/mol. The van der Waals surface area contributed by atoms with Gasteiger partial charge in [0.25, 0.3) is 0 Å². The van der Waals surface area contributed by atoms with Gasteiger partial charge in [0.1, 0.15) is 4.90 Å². The van der Waals surface area contributed by atoms with Crippen LogP contribution in [0.2, 0.25) is 5.02 Å². The molecular weight excluding hydrogens is 316 g/mol. The second-order valence-corrected chi connectivity index (χ2v) is 7.41. The molecule has 21 heavy (non-hydrogen) atoms. The van der Waals surface area contributed by atoms with Gasteiger partial charge in [-0.3, -0.25) is 4.79 Å². The van der Waals surface area contributed by atoms with Gasteiger partial charge in [-0.05, 0) is 23.6 Å². The van der Waals surface area contributed by atoms with Crippen molar-refractivity contribution in [1.29, 1.82) is 0 Å². The number of sulfonamides is 1. The van der Waals surface area contributed by atoms with E-state index in [4.69, 9.17) is 11.6 Å². The molecule has 1 amide bonds. The molecule has 0 fully saturated rings. The van der Waals surface area contributed by atoms with Crippen molar-refractivity contribution in [1.82, 2.24) is 4.72 Å². The summed E-state index contributed by atoms with van der Waals surface area (Å²) in [5.41, 5.74) is 1.13. The van der Waals surface area contributed by atoms with E-state index in [1.807, 2.05) is 0 Å². The fourth-order valence-electron chi connectivity index (χ4n) is 2.08. The van der Waals surface area contributed by atoms with Crippen LogP contribution in [0, 0.1) is 5.92 Å². The summed E-state index contributed by atoms with van der Waals surface area (Å²) in [4.78, 5) is 11.2. The fourth-order valence-corrected chi connectivity index (χ4v) is 4.03. The molecule has 1 atom stereocenters. The highest BCUT2D eigenvalue weighted by Crippen LogP contribution is 2.32. The molecule has 1 unspecified atom stereocenters. The average Bonchev–Trinajstić information content (AvgIpc) is 2.73. The molecule has 2 rings (SSSR count). The van der Waals surface area contributed by atoms with E-state index >= 15 is 0 Å². The molecule has 0 radical (unpaired) electrons. The van der Waals surface area contributed by atoms with Gasteiger partial charge in [0.05, 0.1) is 18.1 Å². The number of halogens is 1. The van der Waals surface area contributed by atoms with Crippen LogP contribution < -0.4 is 10.0 Å². The van der Waals surface area contributed by atoms with E-state index in [0.29, 0.717) is 11.3 Å². The summed E-state index contributed by atoms with van der Waals surface area (Å²) in [5, 5.41) is 11.9. The Morgan fingerprint density at radius 3 is 2.67 bits per heavy atom. The van der Waals surface area contributed by atoms with E-state index in [-0.39, 0.29) is 34.8 Å². The zero-order valence-corrected chi connectivity index (χ0v) is 13.3. The first kappa shape index (κ1) is 16.2. The lowest BCUT2D eigenvalue weighted by molar-refractivity contribution is -0.115. The number of carbonyl (C=O) groups is 1. The Bertz CT molecular complexity index is 673. The number of amides is 1. The number of anilines is 1. The van der Waals surface area contributed by atoms with Crippen LogP contribution >= 0.6 is 11.6 Å². The Morgan fingerprint density at radius 1 is 1.43 bits per heavy atom.